The molecule has 0 radical (unpaired) electrons. The van der Waals surface area contributed by atoms with Crippen molar-refractivity contribution in [2.45, 2.75) is 52.1 Å². The Morgan fingerprint density at radius 1 is 1.39 bits per heavy atom. The van der Waals surface area contributed by atoms with Crippen LogP contribution in [0, 0.1) is 5.41 Å². The minimum Gasteiger partial charge on any atom is -0.299 e. The van der Waals surface area contributed by atoms with Crippen molar-refractivity contribution >= 4 is 11.6 Å². The highest BCUT2D eigenvalue weighted by Gasteiger charge is 2.28. The van der Waals surface area contributed by atoms with E-state index in [1.807, 2.05) is 6.07 Å². The van der Waals surface area contributed by atoms with Crippen LogP contribution in [0.15, 0.2) is 18.3 Å². The molecule has 1 heterocycles. The van der Waals surface area contributed by atoms with Gasteiger partial charge in [-0.25, -0.2) is 4.98 Å². The van der Waals surface area contributed by atoms with Gasteiger partial charge in [0.15, 0.2) is 0 Å². The molecule has 100 valence electrons. The quantitative estimate of drug-likeness (QED) is 0.765. The van der Waals surface area contributed by atoms with E-state index < -0.39 is 0 Å². The molecule has 0 spiro atoms. The Hall–Kier alpha value is -0.600. The highest BCUT2D eigenvalue weighted by atomic mass is 35.5. The molecule has 1 aliphatic carbocycles. The van der Waals surface area contributed by atoms with E-state index in [9.17, 15) is 0 Å². The van der Waals surface area contributed by atoms with Gasteiger partial charge in [-0.3, -0.25) is 4.90 Å². The maximum absolute atomic E-state index is 6.11. The smallest absolute Gasteiger partial charge is 0.133 e. The second kappa shape index (κ2) is 5.58. The maximum Gasteiger partial charge on any atom is 0.133 e. The van der Waals surface area contributed by atoms with Crippen molar-refractivity contribution in [3.8, 4) is 0 Å². The second-order valence-corrected chi connectivity index (χ2v) is 6.62. The molecule has 0 atom stereocenters. The molecule has 18 heavy (non-hydrogen) atoms. The minimum absolute atomic E-state index is 0.531. The third-order valence-electron chi connectivity index (χ3n) is 4.19. The lowest BCUT2D eigenvalue weighted by Crippen LogP contribution is -2.36. The van der Waals surface area contributed by atoms with E-state index in [0.717, 1.165) is 12.1 Å². The SMILES string of the molecule is CN(Cc1cccnc1Cl)C1CCC(C)(C)CC1. The lowest BCUT2D eigenvalue weighted by molar-refractivity contribution is 0.123. The first-order chi connectivity index (χ1) is 8.48. The molecule has 2 rings (SSSR count). The first-order valence-corrected chi connectivity index (χ1v) is 7.15. The summed E-state index contributed by atoms with van der Waals surface area (Å²) in [6.07, 6.45) is 6.98. The number of hydrogen-bond acceptors (Lipinski definition) is 2. The molecule has 0 unspecified atom stereocenters. The van der Waals surface area contributed by atoms with Gasteiger partial charge in [0.05, 0.1) is 0 Å². The average Bonchev–Trinajstić information content (AvgIpc) is 2.32. The van der Waals surface area contributed by atoms with Gasteiger partial charge in [0, 0.05) is 24.3 Å². The van der Waals surface area contributed by atoms with Crippen LogP contribution in [0.2, 0.25) is 5.15 Å². The highest BCUT2D eigenvalue weighted by Crippen LogP contribution is 2.37. The van der Waals surface area contributed by atoms with Crippen LogP contribution in [0.1, 0.15) is 45.1 Å². The standard InChI is InChI=1S/C15H23ClN2/c1-15(2)8-6-13(7-9-15)18(3)11-12-5-4-10-17-14(12)16/h4-5,10,13H,6-9,11H2,1-3H3. The van der Waals surface area contributed by atoms with Crippen molar-refractivity contribution < 1.29 is 0 Å². The zero-order valence-electron chi connectivity index (χ0n) is 11.6. The van der Waals surface area contributed by atoms with Gasteiger partial charge in [0.25, 0.3) is 0 Å². The van der Waals surface area contributed by atoms with Crippen LogP contribution in [-0.2, 0) is 6.54 Å². The van der Waals surface area contributed by atoms with Crippen molar-refractivity contribution in [1.29, 1.82) is 0 Å². The van der Waals surface area contributed by atoms with Crippen LogP contribution in [0.3, 0.4) is 0 Å². The Balaban J connectivity index is 1.93. The predicted molar refractivity (Wildman–Crippen MR) is 76.8 cm³/mol. The van der Waals surface area contributed by atoms with Gasteiger partial charge in [0.1, 0.15) is 5.15 Å². The van der Waals surface area contributed by atoms with Crippen molar-refractivity contribution in [2.75, 3.05) is 7.05 Å². The van der Waals surface area contributed by atoms with Gasteiger partial charge in [-0.1, -0.05) is 31.5 Å². The molecular formula is C15H23ClN2. The van der Waals surface area contributed by atoms with Crippen LogP contribution in [0.25, 0.3) is 0 Å². The van der Waals surface area contributed by atoms with E-state index in [4.69, 9.17) is 11.6 Å². The first kappa shape index (κ1) is 13.8. The van der Waals surface area contributed by atoms with Crippen LogP contribution < -0.4 is 0 Å². The van der Waals surface area contributed by atoms with Crippen molar-refractivity contribution in [2.24, 2.45) is 5.41 Å². The predicted octanol–water partition coefficient (Wildman–Crippen LogP) is 4.14. The molecule has 0 N–H and O–H groups in total. The molecule has 0 aliphatic heterocycles. The number of aromatic nitrogens is 1. The molecule has 1 saturated carbocycles. The Bertz CT molecular complexity index is 393. The number of hydrogen-bond donors (Lipinski definition) is 0. The van der Waals surface area contributed by atoms with Crippen molar-refractivity contribution in [3.05, 3.63) is 29.0 Å². The van der Waals surface area contributed by atoms with Crippen LogP contribution >= 0.6 is 11.6 Å². The third-order valence-corrected chi connectivity index (χ3v) is 4.53. The molecule has 1 fully saturated rings. The number of rotatable bonds is 3. The molecule has 1 aromatic rings. The summed E-state index contributed by atoms with van der Waals surface area (Å²) in [5.74, 6) is 0. The highest BCUT2D eigenvalue weighted by molar-refractivity contribution is 6.30. The van der Waals surface area contributed by atoms with E-state index in [2.05, 4.69) is 36.8 Å². The summed E-state index contributed by atoms with van der Waals surface area (Å²) in [5.41, 5.74) is 1.66. The molecule has 0 bridgehead atoms. The lowest BCUT2D eigenvalue weighted by atomic mass is 9.75. The third kappa shape index (κ3) is 3.46. The van der Waals surface area contributed by atoms with Crippen molar-refractivity contribution in [1.82, 2.24) is 9.88 Å². The Labute approximate surface area is 115 Å². The van der Waals surface area contributed by atoms with Crippen LogP contribution in [0.5, 0.6) is 0 Å². The molecule has 1 aliphatic rings. The van der Waals surface area contributed by atoms with Gasteiger partial charge < -0.3 is 0 Å². The summed E-state index contributed by atoms with van der Waals surface area (Å²) in [4.78, 5) is 6.57. The van der Waals surface area contributed by atoms with Gasteiger partial charge in [0.2, 0.25) is 0 Å². The van der Waals surface area contributed by atoms with Gasteiger partial charge >= 0.3 is 0 Å². The normalized spacial score (nSPS) is 20.3. The van der Waals surface area contributed by atoms with E-state index in [1.54, 1.807) is 6.20 Å². The fourth-order valence-electron chi connectivity index (χ4n) is 2.76. The molecule has 0 amide bonds. The topological polar surface area (TPSA) is 16.1 Å². The molecular weight excluding hydrogens is 244 g/mol. The Morgan fingerprint density at radius 2 is 2.06 bits per heavy atom. The summed E-state index contributed by atoms with van der Waals surface area (Å²) >= 11 is 6.11. The largest absolute Gasteiger partial charge is 0.299 e. The molecule has 0 saturated heterocycles. The van der Waals surface area contributed by atoms with E-state index in [0.29, 0.717) is 16.6 Å². The summed E-state index contributed by atoms with van der Waals surface area (Å²) < 4.78 is 0. The number of nitrogens with zero attached hydrogens (tertiary/aromatic N) is 2. The van der Waals surface area contributed by atoms with Gasteiger partial charge in [-0.15, -0.1) is 0 Å². The zero-order chi connectivity index (χ0) is 13.2. The zero-order valence-corrected chi connectivity index (χ0v) is 12.4. The lowest BCUT2D eigenvalue weighted by Gasteiger charge is -2.38. The van der Waals surface area contributed by atoms with Crippen LogP contribution in [0.4, 0.5) is 0 Å². The molecule has 1 aromatic heterocycles. The minimum atomic E-state index is 0.531. The van der Waals surface area contributed by atoms with E-state index in [1.165, 1.54) is 25.7 Å². The Morgan fingerprint density at radius 3 is 2.67 bits per heavy atom. The van der Waals surface area contributed by atoms with Gasteiger partial charge in [-0.2, -0.15) is 0 Å². The summed E-state index contributed by atoms with van der Waals surface area (Å²) in [7, 11) is 2.20. The monoisotopic (exact) mass is 266 g/mol. The van der Waals surface area contributed by atoms with Crippen molar-refractivity contribution in [3.63, 3.8) is 0 Å². The first-order valence-electron chi connectivity index (χ1n) is 6.77. The summed E-state index contributed by atoms with van der Waals surface area (Å²) in [6.45, 7) is 5.65. The maximum atomic E-state index is 6.11. The van der Waals surface area contributed by atoms with E-state index in [-0.39, 0.29) is 0 Å². The fourth-order valence-corrected chi connectivity index (χ4v) is 2.94. The fraction of sp³-hybridized carbons (Fsp3) is 0.667. The van der Waals surface area contributed by atoms with E-state index >= 15 is 0 Å². The number of halogens is 1. The number of pyridine rings is 1. The summed E-state index contributed by atoms with van der Waals surface area (Å²) in [5, 5.41) is 0.639. The molecule has 2 nitrogen and oxygen atoms in total. The Kier molecular flexibility index (Phi) is 4.29. The van der Waals surface area contributed by atoms with Gasteiger partial charge in [-0.05, 0) is 44.2 Å². The average molecular weight is 267 g/mol. The molecule has 0 aromatic carbocycles. The second-order valence-electron chi connectivity index (χ2n) is 6.26. The summed E-state index contributed by atoms with van der Waals surface area (Å²) in [6, 6.07) is 4.71. The molecule has 3 heteroatoms. The van der Waals surface area contributed by atoms with Crippen LogP contribution in [-0.4, -0.2) is 23.0 Å².